The van der Waals surface area contributed by atoms with Crippen LogP contribution in [0.3, 0.4) is 0 Å². The van der Waals surface area contributed by atoms with E-state index in [0.717, 1.165) is 3.57 Å². The Morgan fingerprint density at radius 1 is 1.35 bits per heavy atom. The van der Waals surface area contributed by atoms with E-state index in [-0.39, 0.29) is 17.3 Å². The van der Waals surface area contributed by atoms with E-state index in [1.165, 1.54) is 6.33 Å². The molecule has 0 amide bonds. The molecule has 0 saturated heterocycles. The fraction of sp³-hybridized carbons (Fsp3) is 0.0909. The summed E-state index contributed by atoms with van der Waals surface area (Å²) in [4.78, 5) is 18.4. The summed E-state index contributed by atoms with van der Waals surface area (Å²) in [5, 5.41) is 17.3. The fourth-order valence-corrected chi connectivity index (χ4v) is 2.55. The van der Waals surface area contributed by atoms with Gasteiger partial charge in [-0.05, 0) is 40.8 Å². The Labute approximate surface area is 133 Å². The number of halogens is 2. The molecule has 0 bridgehead atoms. The molecule has 2 aromatic rings. The van der Waals surface area contributed by atoms with Crippen molar-refractivity contribution >= 4 is 57.2 Å². The van der Waals surface area contributed by atoms with E-state index in [4.69, 9.17) is 11.6 Å². The van der Waals surface area contributed by atoms with Crippen LogP contribution in [0.2, 0.25) is 5.02 Å². The molecular formula is C11H9ClIN5O2. The van der Waals surface area contributed by atoms with Crippen molar-refractivity contribution < 1.29 is 4.92 Å². The van der Waals surface area contributed by atoms with Crippen LogP contribution in [0, 0.1) is 13.7 Å². The van der Waals surface area contributed by atoms with E-state index < -0.39 is 4.92 Å². The number of hydrogen-bond acceptors (Lipinski definition) is 6. The highest BCUT2D eigenvalue weighted by molar-refractivity contribution is 14.1. The molecule has 0 atom stereocenters. The molecule has 0 aliphatic heterocycles. The summed E-state index contributed by atoms with van der Waals surface area (Å²) in [6, 6.07) is 5.17. The first-order valence-corrected chi connectivity index (χ1v) is 6.88. The lowest BCUT2D eigenvalue weighted by molar-refractivity contribution is -0.383. The van der Waals surface area contributed by atoms with Crippen molar-refractivity contribution in [1.82, 2.24) is 9.97 Å². The normalized spacial score (nSPS) is 10.2. The van der Waals surface area contributed by atoms with Crippen molar-refractivity contribution in [2.24, 2.45) is 0 Å². The van der Waals surface area contributed by atoms with Gasteiger partial charge in [0.15, 0.2) is 0 Å². The van der Waals surface area contributed by atoms with Crippen LogP contribution in [0.4, 0.5) is 23.0 Å². The van der Waals surface area contributed by atoms with Gasteiger partial charge in [0.05, 0.1) is 10.6 Å². The summed E-state index contributed by atoms with van der Waals surface area (Å²) in [7, 11) is 1.56. The van der Waals surface area contributed by atoms with Gasteiger partial charge in [0, 0.05) is 15.6 Å². The molecule has 2 rings (SSSR count). The highest BCUT2D eigenvalue weighted by atomic mass is 127. The van der Waals surface area contributed by atoms with Gasteiger partial charge in [0.2, 0.25) is 11.6 Å². The maximum absolute atomic E-state index is 11.2. The number of rotatable bonds is 4. The Morgan fingerprint density at radius 2 is 2.05 bits per heavy atom. The third-order valence-electron chi connectivity index (χ3n) is 2.43. The molecule has 0 unspecified atom stereocenters. The smallest absolute Gasteiger partial charge is 0.353 e. The zero-order chi connectivity index (χ0) is 14.7. The maximum Gasteiger partial charge on any atom is 0.353 e. The number of nitro groups is 1. The maximum atomic E-state index is 11.2. The van der Waals surface area contributed by atoms with Crippen LogP contribution in [0.5, 0.6) is 0 Å². The summed E-state index contributed by atoms with van der Waals surface area (Å²) in [5.41, 5.74) is 0.472. The Morgan fingerprint density at radius 3 is 2.65 bits per heavy atom. The van der Waals surface area contributed by atoms with E-state index in [1.54, 1.807) is 25.2 Å². The second-order valence-corrected chi connectivity index (χ2v) is 5.27. The van der Waals surface area contributed by atoms with Crippen LogP contribution in [0.1, 0.15) is 0 Å². The van der Waals surface area contributed by atoms with Crippen molar-refractivity contribution in [3.05, 3.63) is 43.2 Å². The Bertz CT molecular complexity index is 667. The van der Waals surface area contributed by atoms with Gasteiger partial charge in [0.25, 0.3) is 0 Å². The molecule has 2 N–H and O–H groups in total. The lowest BCUT2D eigenvalue weighted by Crippen LogP contribution is -2.05. The molecule has 0 radical (unpaired) electrons. The van der Waals surface area contributed by atoms with Gasteiger partial charge in [-0.1, -0.05) is 11.6 Å². The van der Waals surface area contributed by atoms with E-state index in [1.807, 2.05) is 0 Å². The number of anilines is 3. The SMILES string of the molecule is CNc1ncnc(Nc2ccc(Cl)cc2I)c1[N+](=O)[O-]. The largest absolute Gasteiger partial charge is 0.367 e. The lowest BCUT2D eigenvalue weighted by Gasteiger charge is -2.09. The van der Waals surface area contributed by atoms with Crippen LogP contribution in [-0.4, -0.2) is 21.9 Å². The van der Waals surface area contributed by atoms with Gasteiger partial charge in [-0.2, -0.15) is 0 Å². The summed E-state index contributed by atoms with van der Waals surface area (Å²) < 4.78 is 0.828. The highest BCUT2D eigenvalue weighted by Gasteiger charge is 2.22. The van der Waals surface area contributed by atoms with Gasteiger partial charge in [-0.25, -0.2) is 9.97 Å². The lowest BCUT2D eigenvalue weighted by atomic mass is 10.3. The molecule has 1 aromatic heterocycles. The third-order valence-corrected chi connectivity index (χ3v) is 3.55. The van der Waals surface area contributed by atoms with E-state index >= 15 is 0 Å². The number of benzene rings is 1. The van der Waals surface area contributed by atoms with Gasteiger partial charge < -0.3 is 10.6 Å². The summed E-state index contributed by atoms with van der Waals surface area (Å²) in [5.74, 6) is 0.270. The van der Waals surface area contributed by atoms with E-state index in [9.17, 15) is 10.1 Å². The number of nitrogens with zero attached hydrogens (tertiary/aromatic N) is 3. The van der Waals surface area contributed by atoms with Crippen molar-refractivity contribution in [2.75, 3.05) is 17.7 Å². The predicted octanol–water partition coefficient (Wildman–Crippen LogP) is 3.43. The number of nitrogens with one attached hydrogen (secondary N) is 2. The molecule has 0 aliphatic carbocycles. The number of aromatic nitrogens is 2. The molecule has 104 valence electrons. The first kappa shape index (κ1) is 14.7. The topological polar surface area (TPSA) is 93.0 Å². The van der Waals surface area contributed by atoms with Gasteiger partial charge in [-0.3, -0.25) is 10.1 Å². The minimum absolute atomic E-state index is 0.120. The molecule has 0 fully saturated rings. The Kier molecular flexibility index (Phi) is 4.55. The fourth-order valence-electron chi connectivity index (χ4n) is 1.54. The zero-order valence-corrected chi connectivity index (χ0v) is 13.1. The van der Waals surface area contributed by atoms with E-state index in [2.05, 4.69) is 43.2 Å². The van der Waals surface area contributed by atoms with Crippen LogP contribution in [-0.2, 0) is 0 Å². The number of hydrogen-bond donors (Lipinski definition) is 2. The van der Waals surface area contributed by atoms with Crippen molar-refractivity contribution in [3.8, 4) is 0 Å². The van der Waals surface area contributed by atoms with Crippen LogP contribution >= 0.6 is 34.2 Å². The second kappa shape index (κ2) is 6.18. The van der Waals surface area contributed by atoms with Crippen LogP contribution in [0.15, 0.2) is 24.5 Å². The van der Waals surface area contributed by atoms with Gasteiger partial charge in [0.1, 0.15) is 6.33 Å². The standard InChI is InChI=1S/C11H9ClIN5O2/c1-14-10-9(18(19)20)11(16-5-15-10)17-8-3-2-6(12)4-7(8)13/h2-5H,1H3,(H2,14,15,16,17). The molecule has 9 heteroatoms. The zero-order valence-electron chi connectivity index (χ0n) is 10.2. The van der Waals surface area contributed by atoms with Crippen LogP contribution < -0.4 is 10.6 Å². The minimum atomic E-state index is -0.531. The van der Waals surface area contributed by atoms with E-state index in [0.29, 0.717) is 10.7 Å². The summed E-state index contributed by atoms with van der Waals surface area (Å²) in [6.45, 7) is 0. The highest BCUT2D eigenvalue weighted by Crippen LogP contribution is 2.32. The van der Waals surface area contributed by atoms with Gasteiger partial charge >= 0.3 is 5.69 Å². The molecule has 0 spiro atoms. The second-order valence-electron chi connectivity index (χ2n) is 3.68. The average molecular weight is 406 g/mol. The van der Waals surface area contributed by atoms with Gasteiger partial charge in [-0.15, -0.1) is 0 Å². The molecule has 1 aromatic carbocycles. The van der Waals surface area contributed by atoms with Crippen molar-refractivity contribution in [3.63, 3.8) is 0 Å². The van der Waals surface area contributed by atoms with Crippen molar-refractivity contribution in [1.29, 1.82) is 0 Å². The quantitative estimate of drug-likeness (QED) is 0.460. The Balaban J connectivity index is 2.45. The molecular weight excluding hydrogens is 397 g/mol. The predicted molar refractivity (Wildman–Crippen MR) is 85.7 cm³/mol. The van der Waals surface area contributed by atoms with Crippen molar-refractivity contribution in [2.45, 2.75) is 0 Å². The first-order valence-electron chi connectivity index (χ1n) is 5.42. The first-order chi connectivity index (χ1) is 9.52. The van der Waals surface area contributed by atoms with Crippen LogP contribution in [0.25, 0.3) is 0 Å². The molecule has 20 heavy (non-hydrogen) atoms. The molecule has 0 saturated carbocycles. The molecule has 0 aliphatic rings. The Hall–Kier alpha value is -1.68. The summed E-state index contributed by atoms with van der Waals surface area (Å²) >= 11 is 7.96. The third kappa shape index (κ3) is 3.07. The molecule has 1 heterocycles. The average Bonchev–Trinajstić information content (AvgIpc) is 2.41. The minimum Gasteiger partial charge on any atom is -0.367 e. The monoisotopic (exact) mass is 405 g/mol. The molecule has 7 nitrogen and oxygen atoms in total. The summed E-state index contributed by atoms with van der Waals surface area (Å²) in [6.07, 6.45) is 1.25.